The molecule has 2 saturated heterocycles. The van der Waals surface area contributed by atoms with Crippen LogP contribution in [0, 0.1) is 0 Å². The number of likely N-dealkylation sites (tertiary alicyclic amines) is 1. The van der Waals surface area contributed by atoms with Gasteiger partial charge in [-0.2, -0.15) is 0 Å². The molecule has 2 rings (SSSR count). The number of hydrogen-bond donors (Lipinski definition) is 3. The van der Waals surface area contributed by atoms with Crippen LogP contribution in [0.1, 0.15) is 19.8 Å². The number of β-amino-alcohol motifs (C(OH)–C–C–N with tert-alkyl or cyclic N) is 2. The Balaban J connectivity index is 1.84. The molecular formula is C10H18N2O3. The Kier molecular flexibility index (Phi) is 2.70. The van der Waals surface area contributed by atoms with Gasteiger partial charge in [-0.1, -0.05) is 6.92 Å². The molecule has 2 aliphatic rings. The third-order valence-electron chi connectivity index (χ3n) is 3.35. The molecule has 0 saturated carbocycles. The van der Waals surface area contributed by atoms with Crippen LogP contribution in [-0.4, -0.2) is 58.4 Å². The lowest BCUT2D eigenvalue weighted by Gasteiger charge is -2.46. The molecule has 2 fully saturated rings. The van der Waals surface area contributed by atoms with Crippen molar-refractivity contribution in [2.24, 2.45) is 0 Å². The number of nitrogens with zero attached hydrogens (tertiary/aromatic N) is 1. The van der Waals surface area contributed by atoms with Gasteiger partial charge in [-0.25, -0.2) is 0 Å². The highest BCUT2D eigenvalue weighted by Crippen LogP contribution is 2.25. The van der Waals surface area contributed by atoms with Crippen molar-refractivity contribution in [3.8, 4) is 0 Å². The zero-order chi connectivity index (χ0) is 11.1. The number of aliphatic hydroxyl groups is 2. The fourth-order valence-corrected chi connectivity index (χ4v) is 2.17. The molecule has 0 aromatic heterocycles. The van der Waals surface area contributed by atoms with Crippen LogP contribution in [0.15, 0.2) is 0 Å². The maximum Gasteiger partial charge on any atom is 0.240 e. The minimum atomic E-state index is -0.674. The van der Waals surface area contributed by atoms with Crippen molar-refractivity contribution in [1.29, 1.82) is 0 Å². The van der Waals surface area contributed by atoms with Crippen LogP contribution >= 0.6 is 0 Å². The van der Waals surface area contributed by atoms with Crippen LogP contribution in [0.3, 0.4) is 0 Å². The van der Waals surface area contributed by atoms with Crippen LogP contribution in [0.25, 0.3) is 0 Å². The van der Waals surface area contributed by atoms with E-state index in [1.54, 1.807) is 4.90 Å². The molecule has 2 unspecified atom stereocenters. The molecule has 0 aromatic rings. The second kappa shape index (κ2) is 3.73. The van der Waals surface area contributed by atoms with E-state index in [4.69, 9.17) is 0 Å². The fraction of sp³-hybridized carbons (Fsp3) is 0.900. The maximum atomic E-state index is 11.8. The third kappa shape index (κ3) is 2.00. The average molecular weight is 214 g/mol. The number of hydrogen-bond acceptors (Lipinski definition) is 4. The summed E-state index contributed by atoms with van der Waals surface area (Å²) in [4.78, 5) is 13.5. The highest BCUT2D eigenvalue weighted by atomic mass is 16.3. The Hall–Kier alpha value is -0.650. The van der Waals surface area contributed by atoms with E-state index in [-0.39, 0.29) is 11.9 Å². The van der Waals surface area contributed by atoms with Crippen molar-refractivity contribution in [3.63, 3.8) is 0 Å². The Bertz CT molecular complexity index is 263. The molecule has 2 atom stereocenters. The molecule has 5 nitrogen and oxygen atoms in total. The Morgan fingerprint density at radius 1 is 1.60 bits per heavy atom. The van der Waals surface area contributed by atoms with E-state index in [0.29, 0.717) is 32.5 Å². The van der Waals surface area contributed by atoms with Crippen molar-refractivity contribution in [2.45, 2.75) is 37.5 Å². The molecule has 1 amide bonds. The van der Waals surface area contributed by atoms with Gasteiger partial charge in [0.15, 0.2) is 0 Å². The van der Waals surface area contributed by atoms with E-state index in [1.165, 1.54) is 0 Å². The van der Waals surface area contributed by atoms with Crippen molar-refractivity contribution in [1.82, 2.24) is 10.2 Å². The van der Waals surface area contributed by atoms with Crippen molar-refractivity contribution < 1.29 is 15.0 Å². The van der Waals surface area contributed by atoms with Crippen molar-refractivity contribution in [3.05, 3.63) is 0 Å². The van der Waals surface area contributed by atoms with Crippen LogP contribution in [-0.2, 0) is 4.79 Å². The predicted octanol–water partition coefficient (Wildman–Crippen LogP) is -1.31. The zero-order valence-corrected chi connectivity index (χ0v) is 8.94. The molecule has 3 N–H and O–H groups in total. The molecule has 2 aliphatic heterocycles. The van der Waals surface area contributed by atoms with Gasteiger partial charge >= 0.3 is 0 Å². The second-order valence-corrected chi connectivity index (χ2v) is 4.62. The first-order valence-corrected chi connectivity index (χ1v) is 5.47. The first-order valence-electron chi connectivity index (χ1n) is 5.47. The number of nitrogens with one attached hydrogen (secondary N) is 1. The largest absolute Gasteiger partial charge is 0.392 e. The molecule has 0 spiro atoms. The van der Waals surface area contributed by atoms with Crippen LogP contribution in [0.2, 0.25) is 0 Å². The summed E-state index contributed by atoms with van der Waals surface area (Å²) in [6, 6.07) is -0.263. The lowest BCUT2D eigenvalue weighted by Crippen LogP contribution is -2.65. The normalized spacial score (nSPS) is 33.9. The standard InChI is InChI=1S/C10H18N2O3/c1-2-10(15)5-12(6-10)9(14)8-3-7(13)4-11-8/h7-8,11,13,15H,2-6H2,1H3. The SMILES string of the molecule is CCC1(O)CN(C(=O)C2CC(O)CN2)C1. The van der Waals surface area contributed by atoms with Gasteiger partial charge < -0.3 is 20.4 Å². The van der Waals surface area contributed by atoms with Gasteiger partial charge in [-0.15, -0.1) is 0 Å². The number of carbonyl (C=O) groups excluding carboxylic acids is 1. The Labute approximate surface area is 89.1 Å². The molecule has 15 heavy (non-hydrogen) atoms. The van der Waals surface area contributed by atoms with E-state index in [2.05, 4.69) is 5.32 Å². The monoisotopic (exact) mass is 214 g/mol. The lowest BCUT2D eigenvalue weighted by molar-refractivity contribution is -0.157. The molecule has 2 heterocycles. The number of rotatable bonds is 2. The average Bonchev–Trinajstić information content (AvgIpc) is 2.59. The van der Waals surface area contributed by atoms with E-state index in [1.807, 2.05) is 6.92 Å². The van der Waals surface area contributed by atoms with Crippen LogP contribution < -0.4 is 5.32 Å². The Morgan fingerprint density at radius 3 is 2.73 bits per heavy atom. The summed E-state index contributed by atoms with van der Waals surface area (Å²) in [5.41, 5.74) is -0.674. The third-order valence-corrected chi connectivity index (χ3v) is 3.35. The van der Waals surface area contributed by atoms with Gasteiger partial charge in [0.2, 0.25) is 5.91 Å². The van der Waals surface area contributed by atoms with E-state index >= 15 is 0 Å². The summed E-state index contributed by atoms with van der Waals surface area (Å²) < 4.78 is 0. The smallest absolute Gasteiger partial charge is 0.240 e. The first kappa shape index (κ1) is 10.9. The first-order chi connectivity index (χ1) is 7.04. The van der Waals surface area contributed by atoms with Crippen LogP contribution in [0.4, 0.5) is 0 Å². The number of carbonyl (C=O) groups is 1. The van der Waals surface area contributed by atoms with Gasteiger partial charge in [0.25, 0.3) is 0 Å². The molecule has 0 aromatic carbocycles. The minimum Gasteiger partial charge on any atom is -0.392 e. The molecule has 0 aliphatic carbocycles. The van der Waals surface area contributed by atoms with Crippen molar-refractivity contribution in [2.75, 3.05) is 19.6 Å². The highest BCUT2D eigenvalue weighted by Gasteiger charge is 2.44. The molecule has 0 radical (unpaired) electrons. The van der Waals surface area contributed by atoms with Gasteiger partial charge in [-0.05, 0) is 12.8 Å². The maximum absolute atomic E-state index is 11.8. The summed E-state index contributed by atoms with van der Waals surface area (Å²) >= 11 is 0. The summed E-state index contributed by atoms with van der Waals surface area (Å²) in [5, 5.41) is 22.0. The number of aliphatic hydroxyl groups excluding tert-OH is 1. The predicted molar refractivity (Wildman–Crippen MR) is 54.2 cm³/mol. The van der Waals surface area contributed by atoms with Crippen LogP contribution in [0.5, 0.6) is 0 Å². The van der Waals surface area contributed by atoms with Gasteiger partial charge in [0, 0.05) is 6.54 Å². The highest BCUT2D eigenvalue weighted by molar-refractivity contribution is 5.83. The van der Waals surface area contributed by atoms with Crippen molar-refractivity contribution >= 4 is 5.91 Å². The fourth-order valence-electron chi connectivity index (χ4n) is 2.17. The topological polar surface area (TPSA) is 72.8 Å². The number of amides is 1. The molecular weight excluding hydrogens is 196 g/mol. The van der Waals surface area contributed by atoms with Gasteiger partial charge in [-0.3, -0.25) is 4.79 Å². The quantitative estimate of drug-likeness (QED) is 0.534. The second-order valence-electron chi connectivity index (χ2n) is 4.62. The van der Waals surface area contributed by atoms with Gasteiger partial charge in [0.05, 0.1) is 30.8 Å². The lowest BCUT2D eigenvalue weighted by atomic mass is 9.90. The van der Waals surface area contributed by atoms with E-state index in [0.717, 1.165) is 0 Å². The van der Waals surface area contributed by atoms with E-state index < -0.39 is 11.7 Å². The van der Waals surface area contributed by atoms with E-state index in [9.17, 15) is 15.0 Å². The molecule has 86 valence electrons. The molecule has 5 heteroatoms. The summed E-state index contributed by atoms with van der Waals surface area (Å²) in [5.74, 6) is 0.00433. The molecule has 0 bridgehead atoms. The summed E-state index contributed by atoms with van der Waals surface area (Å²) in [6.07, 6.45) is 0.752. The summed E-state index contributed by atoms with van der Waals surface area (Å²) in [7, 11) is 0. The minimum absolute atomic E-state index is 0.00433. The Morgan fingerprint density at radius 2 is 2.27 bits per heavy atom. The van der Waals surface area contributed by atoms with Gasteiger partial charge in [0.1, 0.15) is 0 Å². The zero-order valence-electron chi connectivity index (χ0n) is 8.94. The summed E-state index contributed by atoms with van der Waals surface area (Å²) in [6.45, 7) is 3.26.